The molecule has 1 aromatic rings. The highest BCUT2D eigenvalue weighted by molar-refractivity contribution is 5.04. The van der Waals surface area contributed by atoms with Crippen LogP contribution in [0.15, 0.2) is 10.7 Å². The Labute approximate surface area is 84.9 Å². The maximum Gasteiger partial charge on any atom is 0.197 e. The summed E-state index contributed by atoms with van der Waals surface area (Å²) in [5.41, 5.74) is 1.08. The molecule has 0 amide bonds. The topological polar surface area (TPSA) is 38.1 Å². The number of aromatic nitrogens is 1. The molecule has 0 radical (unpaired) electrons. The van der Waals surface area contributed by atoms with Crippen molar-refractivity contribution in [2.75, 3.05) is 7.05 Å². The van der Waals surface area contributed by atoms with Crippen LogP contribution in [0.2, 0.25) is 0 Å². The maximum absolute atomic E-state index is 5.48. The normalized spacial score (nSPS) is 19.3. The summed E-state index contributed by atoms with van der Waals surface area (Å²) in [4.78, 5) is 4.51. The van der Waals surface area contributed by atoms with Crippen LogP contribution in [0.4, 0.5) is 0 Å². The lowest BCUT2D eigenvalue weighted by molar-refractivity contribution is 0.335. The summed E-state index contributed by atoms with van der Waals surface area (Å²) < 4.78 is 5.48. The van der Waals surface area contributed by atoms with E-state index in [-0.39, 0.29) is 0 Å². The van der Waals surface area contributed by atoms with Crippen molar-refractivity contribution >= 4 is 0 Å². The van der Waals surface area contributed by atoms with Gasteiger partial charge in [-0.1, -0.05) is 6.42 Å². The van der Waals surface area contributed by atoms with Crippen LogP contribution in [0, 0.1) is 0 Å². The van der Waals surface area contributed by atoms with Crippen LogP contribution >= 0.6 is 0 Å². The van der Waals surface area contributed by atoms with Crippen LogP contribution in [-0.2, 0) is 6.42 Å². The molecule has 2 rings (SSSR count). The molecular formula is C11H18N2O. The number of hydrogen-bond acceptors (Lipinski definition) is 3. The second-order valence-corrected chi connectivity index (χ2v) is 4.20. The summed E-state index contributed by atoms with van der Waals surface area (Å²) in [5.74, 6) is 1.56. The highest BCUT2D eigenvalue weighted by Crippen LogP contribution is 2.35. The molecule has 0 bridgehead atoms. The van der Waals surface area contributed by atoms with Crippen molar-refractivity contribution < 1.29 is 4.42 Å². The van der Waals surface area contributed by atoms with E-state index in [1.807, 2.05) is 13.3 Å². The zero-order valence-corrected chi connectivity index (χ0v) is 8.92. The largest absolute Gasteiger partial charge is 0.448 e. The van der Waals surface area contributed by atoms with Gasteiger partial charge in [0.05, 0.1) is 5.69 Å². The van der Waals surface area contributed by atoms with Crippen LogP contribution in [0.5, 0.6) is 0 Å². The Bertz CT molecular complexity index is 291. The average Bonchev–Trinajstić information content (AvgIpc) is 2.50. The number of hydrogen-bond donors (Lipinski definition) is 1. The molecule has 1 heterocycles. The Hall–Kier alpha value is -0.830. The predicted octanol–water partition coefficient (Wildman–Crippen LogP) is 2.09. The SMILES string of the molecule is CNC(C)Cc1coc(C2CCC2)n1. The van der Waals surface area contributed by atoms with E-state index in [0.717, 1.165) is 18.0 Å². The number of rotatable bonds is 4. The van der Waals surface area contributed by atoms with Gasteiger partial charge in [0.15, 0.2) is 5.89 Å². The third kappa shape index (κ3) is 1.98. The zero-order valence-electron chi connectivity index (χ0n) is 8.92. The summed E-state index contributed by atoms with van der Waals surface area (Å²) in [6.07, 6.45) is 6.59. The van der Waals surface area contributed by atoms with E-state index in [9.17, 15) is 0 Å². The highest BCUT2D eigenvalue weighted by atomic mass is 16.3. The fourth-order valence-electron chi connectivity index (χ4n) is 1.67. The molecule has 78 valence electrons. The van der Waals surface area contributed by atoms with Gasteiger partial charge >= 0.3 is 0 Å². The van der Waals surface area contributed by atoms with Crippen molar-refractivity contribution in [1.82, 2.24) is 10.3 Å². The van der Waals surface area contributed by atoms with Gasteiger partial charge in [0, 0.05) is 18.4 Å². The minimum Gasteiger partial charge on any atom is -0.448 e. The van der Waals surface area contributed by atoms with Gasteiger partial charge in [-0.05, 0) is 26.8 Å². The van der Waals surface area contributed by atoms with Crippen molar-refractivity contribution in [2.24, 2.45) is 0 Å². The molecule has 1 aliphatic carbocycles. The van der Waals surface area contributed by atoms with E-state index in [1.165, 1.54) is 19.3 Å². The molecule has 3 heteroatoms. The zero-order chi connectivity index (χ0) is 9.97. The fourth-order valence-corrected chi connectivity index (χ4v) is 1.67. The summed E-state index contributed by atoms with van der Waals surface area (Å²) in [5, 5.41) is 3.20. The van der Waals surface area contributed by atoms with Gasteiger partial charge in [0.25, 0.3) is 0 Å². The molecule has 1 unspecified atom stereocenters. The van der Waals surface area contributed by atoms with Gasteiger partial charge in [0.1, 0.15) is 6.26 Å². The minimum atomic E-state index is 0.467. The molecule has 1 saturated carbocycles. The Kier molecular flexibility index (Phi) is 2.87. The molecule has 14 heavy (non-hydrogen) atoms. The monoisotopic (exact) mass is 194 g/mol. The molecular weight excluding hydrogens is 176 g/mol. The molecule has 0 aliphatic heterocycles. The number of nitrogens with one attached hydrogen (secondary N) is 1. The van der Waals surface area contributed by atoms with E-state index in [4.69, 9.17) is 4.42 Å². The fraction of sp³-hybridized carbons (Fsp3) is 0.727. The quantitative estimate of drug-likeness (QED) is 0.797. The Morgan fingerprint density at radius 2 is 2.43 bits per heavy atom. The van der Waals surface area contributed by atoms with Crippen LogP contribution < -0.4 is 5.32 Å². The Morgan fingerprint density at radius 1 is 1.64 bits per heavy atom. The van der Waals surface area contributed by atoms with Crippen molar-refractivity contribution in [1.29, 1.82) is 0 Å². The summed E-state index contributed by atoms with van der Waals surface area (Å²) in [7, 11) is 1.97. The number of likely N-dealkylation sites (N-methyl/N-ethyl adjacent to an activating group) is 1. The van der Waals surface area contributed by atoms with E-state index in [2.05, 4.69) is 17.2 Å². The standard InChI is InChI=1S/C11H18N2O/c1-8(12-2)6-10-7-14-11(13-10)9-4-3-5-9/h7-9,12H,3-6H2,1-2H3. The highest BCUT2D eigenvalue weighted by Gasteiger charge is 2.24. The molecule has 3 nitrogen and oxygen atoms in total. The van der Waals surface area contributed by atoms with Gasteiger partial charge in [-0.3, -0.25) is 0 Å². The Morgan fingerprint density at radius 3 is 3.00 bits per heavy atom. The van der Waals surface area contributed by atoms with E-state index in [0.29, 0.717) is 12.0 Å². The second kappa shape index (κ2) is 4.13. The van der Waals surface area contributed by atoms with Crippen molar-refractivity contribution in [3.63, 3.8) is 0 Å². The van der Waals surface area contributed by atoms with Crippen LogP contribution in [0.3, 0.4) is 0 Å². The van der Waals surface area contributed by atoms with Crippen LogP contribution in [0.25, 0.3) is 0 Å². The van der Waals surface area contributed by atoms with E-state index < -0.39 is 0 Å². The molecule has 1 fully saturated rings. The van der Waals surface area contributed by atoms with Gasteiger partial charge in [0.2, 0.25) is 0 Å². The maximum atomic E-state index is 5.48. The lowest BCUT2D eigenvalue weighted by Crippen LogP contribution is -2.23. The second-order valence-electron chi connectivity index (χ2n) is 4.20. The van der Waals surface area contributed by atoms with Crippen LogP contribution in [0.1, 0.15) is 43.7 Å². The van der Waals surface area contributed by atoms with Gasteiger partial charge in [-0.2, -0.15) is 0 Å². The molecule has 0 spiro atoms. The van der Waals surface area contributed by atoms with Crippen LogP contribution in [-0.4, -0.2) is 18.1 Å². The molecule has 1 aliphatic rings. The first kappa shape index (κ1) is 9.71. The van der Waals surface area contributed by atoms with E-state index >= 15 is 0 Å². The molecule has 0 aromatic carbocycles. The van der Waals surface area contributed by atoms with Crippen molar-refractivity contribution in [3.8, 4) is 0 Å². The molecule has 0 saturated heterocycles. The van der Waals surface area contributed by atoms with Crippen molar-refractivity contribution in [2.45, 2.75) is 44.6 Å². The molecule has 1 N–H and O–H groups in total. The Balaban J connectivity index is 1.95. The molecule has 1 atom stereocenters. The summed E-state index contributed by atoms with van der Waals surface area (Å²) >= 11 is 0. The first-order chi connectivity index (χ1) is 6.79. The van der Waals surface area contributed by atoms with Crippen molar-refractivity contribution in [3.05, 3.63) is 17.8 Å². The van der Waals surface area contributed by atoms with Gasteiger partial charge in [-0.25, -0.2) is 4.98 Å². The van der Waals surface area contributed by atoms with Gasteiger partial charge in [-0.15, -0.1) is 0 Å². The predicted molar refractivity (Wildman–Crippen MR) is 55.3 cm³/mol. The lowest BCUT2D eigenvalue weighted by atomic mass is 9.85. The first-order valence-corrected chi connectivity index (χ1v) is 5.41. The van der Waals surface area contributed by atoms with E-state index in [1.54, 1.807) is 0 Å². The lowest BCUT2D eigenvalue weighted by Gasteiger charge is -2.21. The first-order valence-electron chi connectivity index (χ1n) is 5.41. The number of nitrogens with zero attached hydrogens (tertiary/aromatic N) is 1. The third-order valence-corrected chi connectivity index (χ3v) is 3.03. The number of oxazole rings is 1. The summed E-state index contributed by atoms with van der Waals surface area (Å²) in [6.45, 7) is 2.15. The molecule has 1 aromatic heterocycles. The smallest absolute Gasteiger partial charge is 0.197 e. The average molecular weight is 194 g/mol. The minimum absolute atomic E-state index is 0.467. The third-order valence-electron chi connectivity index (χ3n) is 3.03. The van der Waals surface area contributed by atoms with Gasteiger partial charge < -0.3 is 9.73 Å². The summed E-state index contributed by atoms with van der Waals surface area (Å²) in [6, 6.07) is 0.467.